The summed E-state index contributed by atoms with van der Waals surface area (Å²) in [6, 6.07) is 11.3. The van der Waals surface area contributed by atoms with Crippen LogP contribution in [0.2, 0.25) is 0 Å². The third kappa shape index (κ3) is 2.46. The predicted octanol–water partition coefficient (Wildman–Crippen LogP) is 3.10. The minimum Gasteiger partial charge on any atom is -0.330 e. The summed E-state index contributed by atoms with van der Waals surface area (Å²) in [5.41, 5.74) is 1.32. The number of hydrogen-bond acceptors (Lipinski definition) is 2. The third-order valence-corrected chi connectivity index (χ3v) is 3.49. The maximum atomic E-state index is 4.33. The monoisotopic (exact) mass is 243 g/mol. The zero-order valence-corrected chi connectivity index (χ0v) is 11.3. The van der Waals surface area contributed by atoms with Crippen LogP contribution >= 0.6 is 0 Å². The minimum absolute atomic E-state index is 0.309. The van der Waals surface area contributed by atoms with Gasteiger partial charge < -0.3 is 9.88 Å². The molecule has 96 valence electrons. The van der Waals surface area contributed by atoms with E-state index >= 15 is 0 Å². The molecule has 1 N–H and O–H groups in total. The van der Waals surface area contributed by atoms with E-state index in [1.54, 1.807) is 0 Å². The van der Waals surface area contributed by atoms with Crippen LogP contribution in [0.3, 0.4) is 0 Å². The van der Waals surface area contributed by atoms with E-state index in [2.05, 4.69) is 65.2 Å². The summed E-state index contributed by atoms with van der Waals surface area (Å²) < 4.78 is 2.26. The fourth-order valence-corrected chi connectivity index (χ4v) is 2.57. The van der Waals surface area contributed by atoms with E-state index in [1.807, 2.05) is 13.2 Å². The van der Waals surface area contributed by atoms with Crippen LogP contribution in [0.4, 0.5) is 0 Å². The molecular weight excluding hydrogens is 222 g/mol. The second-order valence-electron chi connectivity index (χ2n) is 4.53. The van der Waals surface area contributed by atoms with Crippen molar-refractivity contribution < 1.29 is 0 Å². The molecule has 2 atom stereocenters. The molecule has 0 amide bonds. The standard InChI is InChI=1S/C15H21N3/c1-4-14(18-11-10-17-12(18)2)15(16-3)13-8-6-5-7-9-13/h5-11,14-16H,4H2,1-3H3. The molecule has 0 bridgehead atoms. The Morgan fingerprint density at radius 3 is 2.50 bits per heavy atom. The molecule has 3 nitrogen and oxygen atoms in total. The summed E-state index contributed by atoms with van der Waals surface area (Å²) in [4.78, 5) is 4.33. The smallest absolute Gasteiger partial charge is 0.105 e. The van der Waals surface area contributed by atoms with Crippen molar-refractivity contribution in [3.8, 4) is 0 Å². The van der Waals surface area contributed by atoms with Crippen molar-refractivity contribution in [1.82, 2.24) is 14.9 Å². The van der Waals surface area contributed by atoms with Gasteiger partial charge in [0.1, 0.15) is 5.82 Å². The van der Waals surface area contributed by atoms with Crippen molar-refractivity contribution in [2.24, 2.45) is 0 Å². The second kappa shape index (κ2) is 5.83. The second-order valence-corrected chi connectivity index (χ2v) is 4.53. The van der Waals surface area contributed by atoms with Gasteiger partial charge in [-0.05, 0) is 26.0 Å². The molecule has 3 heteroatoms. The normalized spacial score (nSPS) is 14.4. The van der Waals surface area contributed by atoms with Crippen molar-refractivity contribution in [3.05, 3.63) is 54.1 Å². The van der Waals surface area contributed by atoms with Crippen LogP contribution in [0, 0.1) is 6.92 Å². The van der Waals surface area contributed by atoms with Crippen LogP contribution in [-0.4, -0.2) is 16.6 Å². The Labute approximate surface area is 109 Å². The number of benzene rings is 1. The van der Waals surface area contributed by atoms with E-state index in [0.717, 1.165) is 12.2 Å². The quantitative estimate of drug-likeness (QED) is 0.874. The molecule has 1 heterocycles. The Hall–Kier alpha value is -1.61. The molecule has 2 unspecified atom stereocenters. The minimum atomic E-state index is 0.309. The average Bonchev–Trinajstić information content (AvgIpc) is 2.83. The summed E-state index contributed by atoms with van der Waals surface area (Å²) in [7, 11) is 2.02. The summed E-state index contributed by atoms with van der Waals surface area (Å²) in [6.07, 6.45) is 5.00. The number of likely N-dealkylation sites (N-methyl/N-ethyl adjacent to an activating group) is 1. The number of imidazole rings is 1. The highest BCUT2D eigenvalue weighted by molar-refractivity contribution is 5.20. The van der Waals surface area contributed by atoms with E-state index in [4.69, 9.17) is 0 Å². The van der Waals surface area contributed by atoms with E-state index in [1.165, 1.54) is 5.56 Å². The van der Waals surface area contributed by atoms with Gasteiger partial charge in [0.2, 0.25) is 0 Å². The van der Waals surface area contributed by atoms with Crippen LogP contribution < -0.4 is 5.32 Å². The molecule has 18 heavy (non-hydrogen) atoms. The lowest BCUT2D eigenvalue weighted by molar-refractivity contribution is 0.357. The van der Waals surface area contributed by atoms with Crippen molar-refractivity contribution in [3.63, 3.8) is 0 Å². The first-order chi connectivity index (χ1) is 8.77. The molecule has 0 aliphatic heterocycles. The fraction of sp³-hybridized carbons (Fsp3) is 0.400. The lowest BCUT2D eigenvalue weighted by Crippen LogP contribution is -2.27. The summed E-state index contributed by atoms with van der Waals surface area (Å²) in [6.45, 7) is 4.28. The lowest BCUT2D eigenvalue weighted by atomic mass is 9.97. The molecule has 1 aromatic heterocycles. The number of nitrogens with one attached hydrogen (secondary N) is 1. The first kappa shape index (κ1) is 12.8. The predicted molar refractivity (Wildman–Crippen MR) is 74.5 cm³/mol. The van der Waals surface area contributed by atoms with Gasteiger partial charge in [-0.2, -0.15) is 0 Å². The van der Waals surface area contributed by atoms with E-state index < -0.39 is 0 Å². The van der Waals surface area contributed by atoms with Gasteiger partial charge in [0.15, 0.2) is 0 Å². The first-order valence-corrected chi connectivity index (χ1v) is 6.49. The summed E-state index contributed by atoms with van der Waals surface area (Å²) in [5.74, 6) is 1.07. The molecule has 1 aromatic carbocycles. The largest absolute Gasteiger partial charge is 0.330 e. The summed E-state index contributed by atoms with van der Waals surface area (Å²) in [5, 5.41) is 3.44. The molecular formula is C15H21N3. The van der Waals surface area contributed by atoms with Gasteiger partial charge in [-0.3, -0.25) is 0 Å². The van der Waals surface area contributed by atoms with Crippen molar-refractivity contribution >= 4 is 0 Å². The van der Waals surface area contributed by atoms with Gasteiger partial charge in [0, 0.05) is 12.4 Å². The highest BCUT2D eigenvalue weighted by Gasteiger charge is 2.22. The van der Waals surface area contributed by atoms with Crippen molar-refractivity contribution in [2.75, 3.05) is 7.05 Å². The number of rotatable bonds is 5. The van der Waals surface area contributed by atoms with E-state index in [-0.39, 0.29) is 0 Å². The van der Waals surface area contributed by atoms with Crippen molar-refractivity contribution in [2.45, 2.75) is 32.4 Å². The molecule has 0 spiro atoms. The SMILES string of the molecule is CCC(C(NC)c1ccccc1)n1ccnc1C. The highest BCUT2D eigenvalue weighted by Crippen LogP contribution is 2.29. The molecule has 0 radical (unpaired) electrons. The van der Waals surface area contributed by atoms with Crippen LogP contribution in [0.15, 0.2) is 42.7 Å². The molecule has 0 saturated carbocycles. The Morgan fingerprint density at radius 1 is 1.28 bits per heavy atom. The van der Waals surface area contributed by atoms with E-state index in [9.17, 15) is 0 Å². The van der Waals surface area contributed by atoms with Gasteiger partial charge >= 0.3 is 0 Å². The zero-order chi connectivity index (χ0) is 13.0. The lowest BCUT2D eigenvalue weighted by Gasteiger charge is -2.28. The molecule has 2 aromatic rings. The maximum absolute atomic E-state index is 4.33. The van der Waals surface area contributed by atoms with Gasteiger partial charge in [0.05, 0.1) is 12.1 Å². The Morgan fingerprint density at radius 2 is 2.00 bits per heavy atom. The molecule has 0 aliphatic rings. The fourth-order valence-electron chi connectivity index (χ4n) is 2.57. The Kier molecular flexibility index (Phi) is 4.15. The topological polar surface area (TPSA) is 29.9 Å². The number of hydrogen-bond donors (Lipinski definition) is 1. The number of aromatic nitrogens is 2. The molecule has 2 rings (SSSR count). The zero-order valence-electron chi connectivity index (χ0n) is 11.3. The van der Waals surface area contributed by atoms with Gasteiger partial charge in [0.25, 0.3) is 0 Å². The molecule has 0 fully saturated rings. The molecule has 0 saturated heterocycles. The van der Waals surface area contributed by atoms with E-state index in [0.29, 0.717) is 12.1 Å². The number of aryl methyl sites for hydroxylation is 1. The van der Waals surface area contributed by atoms with Crippen LogP contribution in [-0.2, 0) is 0 Å². The maximum Gasteiger partial charge on any atom is 0.105 e. The highest BCUT2D eigenvalue weighted by atomic mass is 15.1. The molecule has 0 aliphatic carbocycles. The summed E-state index contributed by atoms with van der Waals surface area (Å²) >= 11 is 0. The third-order valence-electron chi connectivity index (χ3n) is 3.49. The Balaban J connectivity index is 2.34. The number of nitrogens with zero attached hydrogens (tertiary/aromatic N) is 2. The van der Waals surface area contributed by atoms with Gasteiger partial charge in [-0.25, -0.2) is 4.98 Å². The van der Waals surface area contributed by atoms with Crippen molar-refractivity contribution in [1.29, 1.82) is 0 Å². The first-order valence-electron chi connectivity index (χ1n) is 6.49. The van der Waals surface area contributed by atoms with Crippen LogP contribution in [0.1, 0.15) is 36.8 Å². The van der Waals surface area contributed by atoms with Gasteiger partial charge in [-0.1, -0.05) is 37.3 Å². The van der Waals surface area contributed by atoms with Crippen LogP contribution in [0.5, 0.6) is 0 Å². The van der Waals surface area contributed by atoms with Gasteiger partial charge in [-0.15, -0.1) is 0 Å². The Bertz CT molecular complexity index is 475. The van der Waals surface area contributed by atoms with Crippen LogP contribution in [0.25, 0.3) is 0 Å². The average molecular weight is 243 g/mol.